The average Bonchev–Trinajstić information content (AvgIpc) is 2.21. The van der Waals surface area contributed by atoms with Crippen LogP contribution < -0.4 is 5.32 Å². The zero-order chi connectivity index (χ0) is 12.1. The Hall–Kier alpha value is -0.280. The lowest BCUT2D eigenvalue weighted by molar-refractivity contribution is 0.187. The van der Waals surface area contributed by atoms with Gasteiger partial charge in [0.2, 0.25) is 0 Å². The van der Waals surface area contributed by atoms with Gasteiger partial charge in [0.25, 0.3) is 0 Å². The first kappa shape index (κ1) is 13.8. The van der Waals surface area contributed by atoms with Crippen molar-refractivity contribution in [3.8, 4) is 0 Å². The second-order valence-electron chi connectivity index (χ2n) is 4.06. The van der Waals surface area contributed by atoms with Crippen LogP contribution in [0.25, 0.3) is 0 Å². The van der Waals surface area contributed by atoms with Crippen LogP contribution >= 0.6 is 23.2 Å². The zero-order valence-corrected chi connectivity index (χ0v) is 11.0. The number of rotatable bonds is 5. The van der Waals surface area contributed by atoms with Gasteiger partial charge in [0.05, 0.1) is 6.10 Å². The summed E-state index contributed by atoms with van der Waals surface area (Å²) in [5.41, 5.74) is 0.955. The van der Waals surface area contributed by atoms with Crippen molar-refractivity contribution in [3.05, 3.63) is 33.8 Å². The quantitative estimate of drug-likeness (QED) is 0.855. The molecule has 0 aliphatic heterocycles. The first-order valence-corrected chi connectivity index (χ1v) is 6.10. The molecule has 0 bridgehead atoms. The van der Waals surface area contributed by atoms with E-state index in [0.717, 1.165) is 12.0 Å². The summed E-state index contributed by atoms with van der Waals surface area (Å²) in [5.74, 6) is 0. The Balaban J connectivity index is 2.59. The highest BCUT2D eigenvalue weighted by Crippen LogP contribution is 2.25. The van der Waals surface area contributed by atoms with Crippen LogP contribution in [0.3, 0.4) is 0 Å². The van der Waals surface area contributed by atoms with Crippen molar-refractivity contribution < 1.29 is 5.11 Å². The van der Waals surface area contributed by atoms with Crippen molar-refractivity contribution in [1.29, 1.82) is 0 Å². The number of halogens is 2. The summed E-state index contributed by atoms with van der Waals surface area (Å²) < 4.78 is 0. The van der Waals surface area contributed by atoms with Crippen LogP contribution in [0.1, 0.15) is 19.4 Å². The van der Waals surface area contributed by atoms with Crippen LogP contribution in [0, 0.1) is 0 Å². The van der Waals surface area contributed by atoms with Gasteiger partial charge in [0.1, 0.15) is 0 Å². The molecule has 2 N–H and O–H groups in total. The fourth-order valence-corrected chi connectivity index (χ4v) is 2.03. The van der Waals surface area contributed by atoms with E-state index < -0.39 is 0 Å². The SMILES string of the molecule is CC(Cc1c(Cl)cccc1Cl)NC[C@H](C)O. The van der Waals surface area contributed by atoms with Gasteiger partial charge in [-0.25, -0.2) is 0 Å². The molecule has 2 atom stereocenters. The van der Waals surface area contributed by atoms with Gasteiger partial charge < -0.3 is 10.4 Å². The molecule has 1 rings (SSSR count). The van der Waals surface area contributed by atoms with Gasteiger partial charge in [-0.15, -0.1) is 0 Å². The Morgan fingerprint density at radius 1 is 1.25 bits per heavy atom. The van der Waals surface area contributed by atoms with Crippen LogP contribution in [-0.4, -0.2) is 23.8 Å². The lowest BCUT2D eigenvalue weighted by atomic mass is 10.1. The molecule has 0 heterocycles. The van der Waals surface area contributed by atoms with E-state index in [1.54, 1.807) is 6.92 Å². The minimum Gasteiger partial charge on any atom is -0.392 e. The molecule has 0 aliphatic carbocycles. The van der Waals surface area contributed by atoms with Crippen molar-refractivity contribution >= 4 is 23.2 Å². The van der Waals surface area contributed by atoms with E-state index in [1.807, 2.05) is 25.1 Å². The molecule has 0 radical (unpaired) electrons. The van der Waals surface area contributed by atoms with Crippen molar-refractivity contribution in [3.63, 3.8) is 0 Å². The van der Waals surface area contributed by atoms with Gasteiger partial charge in [0, 0.05) is 22.6 Å². The molecular formula is C12H17Cl2NO. The average molecular weight is 262 g/mol. The van der Waals surface area contributed by atoms with E-state index in [0.29, 0.717) is 16.6 Å². The van der Waals surface area contributed by atoms with Crippen LogP contribution in [0.2, 0.25) is 10.0 Å². The summed E-state index contributed by atoms with van der Waals surface area (Å²) in [4.78, 5) is 0. The van der Waals surface area contributed by atoms with Crippen molar-refractivity contribution in [1.82, 2.24) is 5.32 Å². The van der Waals surface area contributed by atoms with E-state index in [2.05, 4.69) is 5.32 Å². The molecule has 16 heavy (non-hydrogen) atoms. The molecule has 1 aromatic rings. The molecule has 1 aromatic carbocycles. The number of aliphatic hydroxyl groups excluding tert-OH is 1. The molecule has 4 heteroatoms. The van der Waals surface area contributed by atoms with Gasteiger partial charge >= 0.3 is 0 Å². The van der Waals surface area contributed by atoms with Crippen molar-refractivity contribution in [2.45, 2.75) is 32.4 Å². The Morgan fingerprint density at radius 3 is 2.31 bits per heavy atom. The zero-order valence-electron chi connectivity index (χ0n) is 9.50. The van der Waals surface area contributed by atoms with E-state index in [1.165, 1.54) is 0 Å². The topological polar surface area (TPSA) is 32.3 Å². The Bertz CT molecular complexity index is 322. The summed E-state index contributed by atoms with van der Waals surface area (Å²) in [7, 11) is 0. The Kier molecular flexibility index (Phi) is 5.56. The second-order valence-corrected chi connectivity index (χ2v) is 4.88. The number of aliphatic hydroxyl groups is 1. The molecule has 0 saturated heterocycles. The fraction of sp³-hybridized carbons (Fsp3) is 0.500. The largest absolute Gasteiger partial charge is 0.392 e. The van der Waals surface area contributed by atoms with Crippen LogP contribution in [0.15, 0.2) is 18.2 Å². The predicted molar refractivity (Wildman–Crippen MR) is 69.3 cm³/mol. The first-order chi connectivity index (χ1) is 7.50. The predicted octanol–water partition coefficient (Wildman–Crippen LogP) is 2.89. The normalized spacial score (nSPS) is 14.8. The van der Waals surface area contributed by atoms with Gasteiger partial charge in [-0.2, -0.15) is 0 Å². The smallest absolute Gasteiger partial charge is 0.0636 e. The maximum atomic E-state index is 9.16. The summed E-state index contributed by atoms with van der Waals surface area (Å²) in [6.07, 6.45) is 0.412. The van der Waals surface area contributed by atoms with Crippen LogP contribution in [0.5, 0.6) is 0 Å². The molecule has 0 amide bonds. The second kappa shape index (κ2) is 6.45. The third-order valence-electron chi connectivity index (χ3n) is 2.33. The van der Waals surface area contributed by atoms with Gasteiger partial charge in [-0.3, -0.25) is 0 Å². The maximum Gasteiger partial charge on any atom is 0.0636 e. The highest BCUT2D eigenvalue weighted by Gasteiger charge is 2.10. The molecule has 2 nitrogen and oxygen atoms in total. The van der Waals surface area contributed by atoms with Gasteiger partial charge in [-0.1, -0.05) is 29.3 Å². The maximum absolute atomic E-state index is 9.16. The number of nitrogens with one attached hydrogen (secondary N) is 1. The standard InChI is InChI=1S/C12H17Cl2NO/c1-8(15-7-9(2)16)6-10-11(13)4-3-5-12(10)14/h3-5,8-9,15-16H,6-7H2,1-2H3/t8?,9-/m0/s1. The van der Waals surface area contributed by atoms with Gasteiger partial charge in [0.15, 0.2) is 0 Å². The molecule has 90 valence electrons. The molecule has 0 spiro atoms. The number of hydrogen-bond donors (Lipinski definition) is 2. The lowest BCUT2D eigenvalue weighted by Crippen LogP contribution is -2.34. The van der Waals surface area contributed by atoms with Crippen LogP contribution in [-0.2, 0) is 6.42 Å². The Labute approximate surface area is 107 Å². The highest BCUT2D eigenvalue weighted by molar-refractivity contribution is 6.35. The van der Waals surface area contributed by atoms with Crippen molar-refractivity contribution in [2.75, 3.05) is 6.54 Å². The molecule has 0 aliphatic rings. The van der Waals surface area contributed by atoms with E-state index in [4.69, 9.17) is 28.3 Å². The molecule has 0 aromatic heterocycles. The minimum atomic E-state index is -0.343. The highest BCUT2D eigenvalue weighted by atomic mass is 35.5. The van der Waals surface area contributed by atoms with Crippen molar-refractivity contribution in [2.24, 2.45) is 0 Å². The number of hydrogen-bond acceptors (Lipinski definition) is 2. The summed E-state index contributed by atoms with van der Waals surface area (Å²) in [6.45, 7) is 4.37. The minimum absolute atomic E-state index is 0.229. The third-order valence-corrected chi connectivity index (χ3v) is 3.04. The number of benzene rings is 1. The Morgan fingerprint density at radius 2 is 1.81 bits per heavy atom. The lowest BCUT2D eigenvalue weighted by Gasteiger charge is -2.16. The van der Waals surface area contributed by atoms with E-state index in [-0.39, 0.29) is 12.1 Å². The fourth-order valence-electron chi connectivity index (χ4n) is 1.48. The first-order valence-electron chi connectivity index (χ1n) is 5.35. The molecule has 0 fully saturated rings. The summed E-state index contributed by atoms with van der Waals surface area (Å²) >= 11 is 12.1. The third kappa shape index (κ3) is 4.30. The monoisotopic (exact) mass is 261 g/mol. The van der Waals surface area contributed by atoms with E-state index in [9.17, 15) is 0 Å². The molecule has 1 unspecified atom stereocenters. The molecule has 0 saturated carbocycles. The van der Waals surface area contributed by atoms with E-state index >= 15 is 0 Å². The summed E-state index contributed by atoms with van der Waals surface area (Å²) in [5, 5.41) is 13.8. The van der Waals surface area contributed by atoms with Gasteiger partial charge in [-0.05, 0) is 38.0 Å². The summed E-state index contributed by atoms with van der Waals surface area (Å²) in [6, 6.07) is 5.74. The molecular weight excluding hydrogens is 245 g/mol. The van der Waals surface area contributed by atoms with Crippen LogP contribution in [0.4, 0.5) is 0 Å².